The van der Waals surface area contributed by atoms with E-state index in [-0.39, 0.29) is 10.8 Å². The lowest BCUT2D eigenvalue weighted by Crippen LogP contribution is -2.48. The van der Waals surface area contributed by atoms with Crippen molar-refractivity contribution in [1.82, 2.24) is 20.9 Å². The Labute approximate surface area is 227 Å². The van der Waals surface area contributed by atoms with Gasteiger partial charge in [-0.05, 0) is 23.3 Å². The normalized spacial score (nSPS) is 11.1. The molecule has 204 valence electrons. The minimum atomic E-state index is -1.38. The van der Waals surface area contributed by atoms with Gasteiger partial charge in [-0.25, -0.2) is 9.78 Å². The second kappa shape index (κ2) is 14.2. The van der Waals surface area contributed by atoms with Crippen LogP contribution in [0.4, 0.5) is 15.6 Å². The van der Waals surface area contributed by atoms with E-state index in [2.05, 4.69) is 31.6 Å². The van der Waals surface area contributed by atoms with Crippen molar-refractivity contribution in [1.29, 1.82) is 0 Å². The standard InChI is InChI=1S/C25H27N7O6S/c26-11-15-6-8-17(9-7-15)29-23(37)18(10-21(34)35)30-20(33)13-27-22(36)19-14-39-25(31-19)32-24(38)28-12-16-4-2-1-3-5-16/h1-9,14,18H,10-13,26H2,(H,27,36)(H,29,37)(H,30,33)(H,34,35)(H2,28,31,32,38)/t18-/m0/s1. The summed E-state index contributed by atoms with van der Waals surface area (Å²) in [6, 6.07) is 14.0. The van der Waals surface area contributed by atoms with E-state index in [4.69, 9.17) is 10.8 Å². The fraction of sp³-hybridized carbons (Fsp3) is 0.200. The van der Waals surface area contributed by atoms with E-state index in [0.29, 0.717) is 18.8 Å². The van der Waals surface area contributed by atoms with Gasteiger partial charge in [0.05, 0.1) is 13.0 Å². The van der Waals surface area contributed by atoms with E-state index in [9.17, 15) is 24.0 Å². The molecular weight excluding hydrogens is 526 g/mol. The number of rotatable bonds is 12. The number of amides is 5. The average molecular weight is 554 g/mol. The van der Waals surface area contributed by atoms with Crippen molar-refractivity contribution in [3.63, 3.8) is 0 Å². The predicted octanol–water partition coefficient (Wildman–Crippen LogP) is 1.25. The second-order valence-electron chi connectivity index (χ2n) is 8.12. The van der Waals surface area contributed by atoms with Crippen LogP contribution >= 0.6 is 11.3 Å². The maximum absolute atomic E-state index is 12.6. The van der Waals surface area contributed by atoms with Crippen LogP contribution < -0.4 is 32.3 Å². The van der Waals surface area contributed by atoms with Gasteiger partial charge in [0.25, 0.3) is 5.91 Å². The molecule has 0 spiro atoms. The molecule has 0 saturated carbocycles. The highest BCUT2D eigenvalue weighted by atomic mass is 32.1. The Balaban J connectivity index is 1.47. The zero-order valence-corrected chi connectivity index (χ0v) is 21.4. The van der Waals surface area contributed by atoms with Crippen molar-refractivity contribution in [2.45, 2.75) is 25.6 Å². The number of carbonyl (C=O) groups excluding carboxylic acids is 4. The van der Waals surface area contributed by atoms with Crippen LogP contribution in [-0.2, 0) is 27.5 Å². The molecule has 13 nitrogen and oxygen atoms in total. The van der Waals surface area contributed by atoms with Gasteiger partial charge in [0, 0.05) is 24.2 Å². The molecule has 0 aliphatic rings. The summed E-state index contributed by atoms with van der Waals surface area (Å²) >= 11 is 1.02. The lowest BCUT2D eigenvalue weighted by molar-refractivity contribution is -0.139. The SMILES string of the molecule is NCc1ccc(NC(=O)[C@H](CC(=O)O)NC(=O)CNC(=O)c2csc(NC(=O)NCc3ccccc3)n2)cc1. The van der Waals surface area contributed by atoms with E-state index >= 15 is 0 Å². The summed E-state index contributed by atoms with van der Waals surface area (Å²) in [5, 5.41) is 23.1. The van der Waals surface area contributed by atoms with Crippen LogP contribution in [0, 0.1) is 0 Å². The summed E-state index contributed by atoms with van der Waals surface area (Å²) in [6.45, 7) is 0.0910. The third-order valence-electron chi connectivity index (χ3n) is 5.15. The third-order valence-corrected chi connectivity index (χ3v) is 5.91. The van der Waals surface area contributed by atoms with Crippen molar-refractivity contribution in [3.8, 4) is 0 Å². The summed E-state index contributed by atoms with van der Waals surface area (Å²) < 4.78 is 0. The molecule has 5 amide bonds. The maximum Gasteiger partial charge on any atom is 0.321 e. The van der Waals surface area contributed by atoms with Crippen LogP contribution in [0.5, 0.6) is 0 Å². The number of carboxylic acid groups (broad SMARTS) is 1. The first-order chi connectivity index (χ1) is 18.7. The number of aromatic nitrogens is 1. The molecule has 2 aromatic carbocycles. The molecule has 8 N–H and O–H groups in total. The number of carbonyl (C=O) groups is 5. The van der Waals surface area contributed by atoms with Crippen LogP contribution in [0.3, 0.4) is 0 Å². The number of benzene rings is 2. The maximum atomic E-state index is 12.6. The number of urea groups is 1. The quantitative estimate of drug-likeness (QED) is 0.173. The minimum Gasteiger partial charge on any atom is -0.481 e. The van der Waals surface area contributed by atoms with Crippen LogP contribution in [0.25, 0.3) is 0 Å². The summed E-state index contributed by atoms with van der Waals surface area (Å²) in [4.78, 5) is 64.6. The minimum absolute atomic E-state index is 0.0353. The molecule has 3 aromatic rings. The second-order valence-corrected chi connectivity index (χ2v) is 8.98. The first-order valence-corrected chi connectivity index (χ1v) is 12.5. The monoisotopic (exact) mass is 553 g/mol. The van der Waals surface area contributed by atoms with Gasteiger partial charge in [0.2, 0.25) is 11.8 Å². The van der Waals surface area contributed by atoms with Gasteiger partial charge in [0.1, 0.15) is 11.7 Å². The molecule has 0 aliphatic heterocycles. The smallest absolute Gasteiger partial charge is 0.321 e. The number of nitrogens with one attached hydrogen (secondary N) is 5. The first kappa shape index (κ1) is 28.7. The van der Waals surface area contributed by atoms with E-state index in [1.165, 1.54) is 5.38 Å². The molecule has 0 saturated heterocycles. The van der Waals surface area contributed by atoms with Gasteiger partial charge < -0.3 is 32.1 Å². The molecule has 1 atom stereocenters. The lowest BCUT2D eigenvalue weighted by atomic mass is 10.1. The zero-order valence-electron chi connectivity index (χ0n) is 20.6. The molecule has 0 fully saturated rings. The largest absolute Gasteiger partial charge is 0.481 e. The topological polar surface area (TPSA) is 205 Å². The Morgan fingerprint density at radius 3 is 2.31 bits per heavy atom. The van der Waals surface area contributed by atoms with Gasteiger partial charge in [-0.2, -0.15) is 0 Å². The summed E-state index contributed by atoms with van der Waals surface area (Å²) in [5.74, 6) is -3.51. The van der Waals surface area contributed by atoms with E-state index in [1.54, 1.807) is 24.3 Å². The number of hydrogen-bond donors (Lipinski definition) is 7. The van der Waals surface area contributed by atoms with Gasteiger partial charge in [-0.3, -0.25) is 24.5 Å². The number of hydrogen-bond acceptors (Lipinski definition) is 8. The van der Waals surface area contributed by atoms with Crippen molar-refractivity contribution >= 4 is 51.9 Å². The number of nitrogens with zero attached hydrogens (tertiary/aromatic N) is 1. The van der Waals surface area contributed by atoms with Crippen LogP contribution in [0.15, 0.2) is 60.0 Å². The van der Waals surface area contributed by atoms with E-state index in [0.717, 1.165) is 22.5 Å². The average Bonchev–Trinajstić information content (AvgIpc) is 3.39. The molecule has 14 heteroatoms. The number of aliphatic carboxylic acids is 1. The van der Waals surface area contributed by atoms with Gasteiger partial charge in [-0.1, -0.05) is 42.5 Å². The number of nitrogens with two attached hydrogens (primary N) is 1. The van der Waals surface area contributed by atoms with Crippen LogP contribution in [0.1, 0.15) is 28.0 Å². The highest BCUT2D eigenvalue weighted by Crippen LogP contribution is 2.15. The molecule has 1 aromatic heterocycles. The lowest BCUT2D eigenvalue weighted by Gasteiger charge is -2.17. The molecular formula is C25H27N7O6S. The summed E-state index contributed by atoms with van der Waals surface area (Å²) in [6.07, 6.45) is -0.667. The van der Waals surface area contributed by atoms with Crippen molar-refractivity contribution in [2.75, 3.05) is 17.2 Å². The first-order valence-electron chi connectivity index (χ1n) is 11.7. The molecule has 0 bridgehead atoms. The van der Waals surface area contributed by atoms with Crippen LogP contribution in [0.2, 0.25) is 0 Å². The number of thiazole rings is 1. The predicted molar refractivity (Wildman–Crippen MR) is 144 cm³/mol. The molecule has 1 heterocycles. The molecule has 3 rings (SSSR count). The fourth-order valence-corrected chi connectivity index (χ4v) is 3.87. The Hall–Kier alpha value is -4.82. The van der Waals surface area contributed by atoms with Gasteiger partial charge >= 0.3 is 12.0 Å². The number of anilines is 2. The molecule has 0 unspecified atom stereocenters. The molecule has 39 heavy (non-hydrogen) atoms. The van der Waals surface area contributed by atoms with Gasteiger partial charge in [0.15, 0.2) is 5.13 Å². The van der Waals surface area contributed by atoms with Gasteiger partial charge in [-0.15, -0.1) is 11.3 Å². The summed E-state index contributed by atoms with van der Waals surface area (Å²) in [7, 11) is 0. The van der Waals surface area contributed by atoms with E-state index in [1.807, 2.05) is 30.3 Å². The highest BCUT2D eigenvalue weighted by Gasteiger charge is 2.24. The fourth-order valence-electron chi connectivity index (χ4n) is 3.19. The third kappa shape index (κ3) is 9.53. The van der Waals surface area contributed by atoms with Crippen molar-refractivity contribution < 1.29 is 29.1 Å². The highest BCUT2D eigenvalue weighted by molar-refractivity contribution is 7.14. The Morgan fingerprint density at radius 2 is 1.64 bits per heavy atom. The Kier molecular flexibility index (Phi) is 10.5. The van der Waals surface area contributed by atoms with Crippen LogP contribution in [-0.4, -0.2) is 52.4 Å². The van der Waals surface area contributed by atoms with Crippen molar-refractivity contribution in [2.24, 2.45) is 5.73 Å². The van der Waals surface area contributed by atoms with Crippen molar-refractivity contribution in [3.05, 3.63) is 76.8 Å². The molecule has 0 aliphatic carbocycles. The Morgan fingerprint density at radius 1 is 0.923 bits per heavy atom. The zero-order chi connectivity index (χ0) is 28.2. The van der Waals surface area contributed by atoms with E-state index < -0.39 is 48.7 Å². The number of carboxylic acids is 1. The summed E-state index contributed by atoms with van der Waals surface area (Å²) in [5.41, 5.74) is 7.66. The Bertz CT molecular complexity index is 1310. The molecule has 0 radical (unpaired) electrons.